The normalized spacial score (nSPS) is 18.0. The summed E-state index contributed by atoms with van der Waals surface area (Å²) in [7, 11) is 0. The van der Waals surface area contributed by atoms with Crippen molar-refractivity contribution in [3.63, 3.8) is 0 Å². The Bertz CT molecular complexity index is 974. The second-order valence-electron chi connectivity index (χ2n) is 6.05. The zero-order valence-electron chi connectivity index (χ0n) is 13.3. The minimum absolute atomic E-state index is 0.0392. The third-order valence-electron chi connectivity index (χ3n) is 4.26. The van der Waals surface area contributed by atoms with E-state index in [1.807, 2.05) is 4.90 Å². The SMILES string of the molecule is O[C@@H]1CCN(c2nc(Cl)nc3c2cnn3-c2cccc(C(F)(F)F)c2)C1. The van der Waals surface area contributed by atoms with Crippen LogP contribution in [0.3, 0.4) is 0 Å². The van der Waals surface area contributed by atoms with Crippen molar-refractivity contribution in [3.05, 3.63) is 41.3 Å². The summed E-state index contributed by atoms with van der Waals surface area (Å²) in [6.07, 6.45) is -2.82. The summed E-state index contributed by atoms with van der Waals surface area (Å²) < 4.78 is 40.3. The maximum atomic E-state index is 13.0. The van der Waals surface area contributed by atoms with E-state index in [0.717, 1.165) is 12.1 Å². The van der Waals surface area contributed by atoms with Crippen molar-refractivity contribution < 1.29 is 18.3 Å². The molecule has 10 heteroatoms. The molecule has 26 heavy (non-hydrogen) atoms. The molecular weight excluding hydrogens is 371 g/mol. The van der Waals surface area contributed by atoms with Crippen LogP contribution in [0.15, 0.2) is 30.5 Å². The molecule has 6 nitrogen and oxygen atoms in total. The summed E-state index contributed by atoms with van der Waals surface area (Å²) in [4.78, 5) is 10.2. The third kappa shape index (κ3) is 2.97. The number of benzene rings is 1. The Labute approximate surface area is 150 Å². The Kier molecular flexibility index (Phi) is 4.00. The number of alkyl halides is 3. The number of rotatable bonds is 2. The molecule has 3 aromatic rings. The van der Waals surface area contributed by atoms with Gasteiger partial charge in [0.25, 0.3) is 0 Å². The van der Waals surface area contributed by atoms with Crippen molar-refractivity contribution >= 4 is 28.5 Å². The highest BCUT2D eigenvalue weighted by Crippen LogP contribution is 2.32. The number of aromatic nitrogens is 4. The molecule has 4 rings (SSSR count). The minimum atomic E-state index is -4.46. The van der Waals surface area contributed by atoms with Crippen LogP contribution in [0.5, 0.6) is 0 Å². The van der Waals surface area contributed by atoms with Crippen LogP contribution in [-0.4, -0.2) is 44.0 Å². The van der Waals surface area contributed by atoms with Crippen LogP contribution in [0.1, 0.15) is 12.0 Å². The van der Waals surface area contributed by atoms with E-state index in [-0.39, 0.29) is 11.0 Å². The van der Waals surface area contributed by atoms with Gasteiger partial charge in [-0.1, -0.05) is 6.07 Å². The topological polar surface area (TPSA) is 67.1 Å². The van der Waals surface area contributed by atoms with Gasteiger partial charge >= 0.3 is 6.18 Å². The number of halogens is 4. The quantitative estimate of drug-likeness (QED) is 0.689. The second kappa shape index (κ2) is 6.10. The van der Waals surface area contributed by atoms with E-state index >= 15 is 0 Å². The summed E-state index contributed by atoms with van der Waals surface area (Å²) in [5.74, 6) is 0.509. The van der Waals surface area contributed by atoms with Crippen LogP contribution >= 0.6 is 11.6 Å². The van der Waals surface area contributed by atoms with Gasteiger partial charge in [0.2, 0.25) is 5.28 Å². The van der Waals surface area contributed by atoms with Gasteiger partial charge in [0.05, 0.1) is 28.9 Å². The number of β-amino-alcohol motifs (C(OH)–C–C–N with tert-alkyl or cyclic N) is 1. The Hall–Kier alpha value is -2.39. The van der Waals surface area contributed by atoms with Crippen molar-refractivity contribution in [3.8, 4) is 5.69 Å². The highest BCUT2D eigenvalue weighted by Gasteiger charge is 2.31. The fourth-order valence-electron chi connectivity index (χ4n) is 3.05. The number of aliphatic hydroxyl groups is 1. The van der Waals surface area contributed by atoms with E-state index < -0.39 is 17.8 Å². The van der Waals surface area contributed by atoms with Gasteiger partial charge in [0.15, 0.2) is 5.65 Å². The van der Waals surface area contributed by atoms with Crippen LogP contribution in [0.25, 0.3) is 16.7 Å². The van der Waals surface area contributed by atoms with Gasteiger partial charge < -0.3 is 10.0 Å². The minimum Gasteiger partial charge on any atom is -0.391 e. The number of anilines is 1. The van der Waals surface area contributed by atoms with Gasteiger partial charge in [0, 0.05) is 13.1 Å². The van der Waals surface area contributed by atoms with Crippen LogP contribution < -0.4 is 4.90 Å². The zero-order chi connectivity index (χ0) is 18.5. The van der Waals surface area contributed by atoms with Crippen molar-refractivity contribution in [1.82, 2.24) is 19.7 Å². The monoisotopic (exact) mass is 383 g/mol. The molecule has 1 aliphatic rings. The number of nitrogens with zero attached hydrogens (tertiary/aromatic N) is 5. The lowest BCUT2D eigenvalue weighted by Crippen LogP contribution is -2.22. The van der Waals surface area contributed by atoms with E-state index in [4.69, 9.17) is 11.6 Å². The Morgan fingerprint density at radius 2 is 2.04 bits per heavy atom. The molecule has 0 radical (unpaired) electrons. The fourth-order valence-corrected chi connectivity index (χ4v) is 3.21. The summed E-state index contributed by atoms with van der Waals surface area (Å²) in [6, 6.07) is 4.82. The fraction of sp³-hybridized carbons (Fsp3) is 0.312. The molecule has 0 amide bonds. The summed E-state index contributed by atoms with van der Waals surface area (Å²) >= 11 is 6.03. The third-order valence-corrected chi connectivity index (χ3v) is 4.43. The maximum Gasteiger partial charge on any atom is 0.416 e. The predicted molar refractivity (Wildman–Crippen MR) is 89.5 cm³/mol. The van der Waals surface area contributed by atoms with Gasteiger partial charge in [0.1, 0.15) is 5.82 Å². The van der Waals surface area contributed by atoms with Gasteiger partial charge in [-0.25, -0.2) is 4.68 Å². The van der Waals surface area contributed by atoms with E-state index in [1.54, 1.807) is 0 Å². The molecule has 1 saturated heterocycles. The van der Waals surface area contributed by atoms with E-state index in [0.29, 0.717) is 36.4 Å². The lowest BCUT2D eigenvalue weighted by atomic mass is 10.2. The van der Waals surface area contributed by atoms with Gasteiger partial charge in [-0.15, -0.1) is 0 Å². The van der Waals surface area contributed by atoms with Crippen LogP contribution in [0, 0.1) is 0 Å². The first-order chi connectivity index (χ1) is 12.3. The highest BCUT2D eigenvalue weighted by molar-refractivity contribution is 6.28. The Morgan fingerprint density at radius 1 is 1.23 bits per heavy atom. The van der Waals surface area contributed by atoms with Gasteiger partial charge in [-0.05, 0) is 36.2 Å². The first-order valence-electron chi connectivity index (χ1n) is 7.85. The molecule has 0 aliphatic carbocycles. The lowest BCUT2D eigenvalue weighted by Gasteiger charge is -2.17. The molecule has 2 aromatic heterocycles. The standard InChI is InChI=1S/C16H13ClF3N5O/c17-15-22-13(24-5-4-11(26)8-24)12-7-21-25(14(12)23-15)10-3-1-2-9(6-10)16(18,19)20/h1-3,6-7,11,26H,4-5,8H2/t11-/m1/s1. The van der Waals surface area contributed by atoms with Crippen LogP contribution in [0.2, 0.25) is 5.28 Å². The zero-order valence-corrected chi connectivity index (χ0v) is 14.0. The second-order valence-corrected chi connectivity index (χ2v) is 6.38. The molecule has 1 fully saturated rings. The van der Waals surface area contributed by atoms with Gasteiger partial charge in [-0.3, -0.25) is 0 Å². The molecule has 1 N–H and O–H groups in total. The number of hydrogen-bond donors (Lipinski definition) is 1. The molecule has 1 aromatic carbocycles. The molecule has 0 spiro atoms. The summed E-state index contributed by atoms with van der Waals surface area (Å²) in [5.41, 5.74) is -0.251. The van der Waals surface area contributed by atoms with Crippen LogP contribution in [-0.2, 0) is 6.18 Å². The summed E-state index contributed by atoms with van der Waals surface area (Å²) in [6.45, 7) is 0.996. The van der Waals surface area contributed by atoms with Crippen molar-refractivity contribution in [2.45, 2.75) is 18.7 Å². The lowest BCUT2D eigenvalue weighted by molar-refractivity contribution is -0.137. The van der Waals surface area contributed by atoms with Crippen molar-refractivity contribution in [1.29, 1.82) is 0 Å². The molecule has 1 aliphatic heterocycles. The maximum absolute atomic E-state index is 13.0. The van der Waals surface area contributed by atoms with Gasteiger partial charge in [-0.2, -0.15) is 28.2 Å². The molecule has 136 valence electrons. The molecule has 0 unspecified atom stereocenters. The first-order valence-corrected chi connectivity index (χ1v) is 8.22. The highest BCUT2D eigenvalue weighted by atomic mass is 35.5. The smallest absolute Gasteiger partial charge is 0.391 e. The molecule has 0 saturated carbocycles. The average molecular weight is 384 g/mol. The van der Waals surface area contributed by atoms with E-state index in [2.05, 4.69) is 15.1 Å². The summed E-state index contributed by atoms with van der Waals surface area (Å²) in [5, 5.41) is 14.4. The average Bonchev–Trinajstić information content (AvgIpc) is 3.19. The molecule has 1 atom stereocenters. The van der Waals surface area contributed by atoms with Crippen molar-refractivity contribution in [2.24, 2.45) is 0 Å². The molecule has 0 bridgehead atoms. The molecular formula is C16H13ClF3N5O. The number of aliphatic hydroxyl groups excluding tert-OH is 1. The predicted octanol–water partition coefficient (Wildman–Crippen LogP) is 3.06. The Balaban J connectivity index is 1.84. The largest absolute Gasteiger partial charge is 0.416 e. The number of fused-ring (bicyclic) bond motifs is 1. The van der Waals surface area contributed by atoms with E-state index in [9.17, 15) is 18.3 Å². The number of hydrogen-bond acceptors (Lipinski definition) is 5. The van der Waals surface area contributed by atoms with E-state index in [1.165, 1.54) is 23.0 Å². The van der Waals surface area contributed by atoms with Crippen molar-refractivity contribution in [2.75, 3.05) is 18.0 Å². The Morgan fingerprint density at radius 3 is 2.73 bits per heavy atom. The molecule has 3 heterocycles. The first kappa shape index (κ1) is 17.0. The van der Waals surface area contributed by atoms with Crippen LogP contribution in [0.4, 0.5) is 19.0 Å².